The Kier molecular flexibility index (Phi) is 5.79. The predicted molar refractivity (Wildman–Crippen MR) is 87.6 cm³/mol. The van der Waals surface area contributed by atoms with E-state index in [2.05, 4.69) is 38.1 Å². The van der Waals surface area contributed by atoms with Crippen molar-refractivity contribution < 1.29 is 4.79 Å². The minimum absolute atomic E-state index is 0.146. The summed E-state index contributed by atoms with van der Waals surface area (Å²) in [5.41, 5.74) is 1.26. The first-order valence-corrected chi connectivity index (χ1v) is 8.00. The molecule has 1 aliphatic heterocycles. The lowest BCUT2D eigenvalue weighted by Crippen LogP contribution is -2.29. The number of hydrogen-bond acceptors (Lipinski definition) is 1. The number of unbranched alkanes of at least 4 members (excludes halogenated alkanes) is 1. The minimum atomic E-state index is 0.146. The van der Waals surface area contributed by atoms with Gasteiger partial charge >= 0.3 is 0 Å². The van der Waals surface area contributed by atoms with Crippen molar-refractivity contribution in [1.82, 2.24) is 4.90 Å². The maximum atomic E-state index is 12.5. The standard InChI is InChI=1S/C19H25NO/c1-3-5-9-16(4-2)19(21)20-14-12-18(13-15-20)17-10-7-6-8-11-17/h6-8,10-16,18H,3-5,9H2,1-2H3. The fraction of sp³-hybridized carbons (Fsp3) is 0.421. The zero-order chi connectivity index (χ0) is 15.1. The Morgan fingerprint density at radius 3 is 2.38 bits per heavy atom. The first-order valence-electron chi connectivity index (χ1n) is 8.00. The topological polar surface area (TPSA) is 20.3 Å². The lowest BCUT2D eigenvalue weighted by molar-refractivity contribution is -0.131. The van der Waals surface area contributed by atoms with Gasteiger partial charge in [-0.3, -0.25) is 9.69 Å². The van der Waals surface area contributed by atoms with Gasteiger partial charge in [0, 0.05) is 24.2 Å². The third-order valence-corrected chi connectivity index (χ3v) is 4.10. The van der Waals surface area contributed by atoms with E-state index in [-0.39, 0.29) is 17.7 Å². The Morgan fingerprint density at radius 2 is 1.81 bits per heavy atom. The van der Waals surface area contributed by atoms with E-state index in [0.717, 1.165) is 25.7 Å². The highest BCUT2D eigenvalue weighted by Gasteiger charge is 2.21. The van der Waals surface area contributed by atoms with Gasteiger partial charge in [0.2, 0.25) is 5.91 Å². The number of benzene rings is 1. The van der Waals surface area contributed by atoms with E-state index in [4.69, 9.17) is 0 Å². The highest BCUT2D eigenvalue weighted by Crippen LogP contribution is 2.24. The van der Waals surface area contributed by atoms with Gasteiger partial charge in [0.1, 0.15) is 0 Å². The molecule has 1 atom stereocenters. The summed E-state index contributed by atoms with van der Waals surface area (Å²) >= 11 is 0. The van der Waals surface area contributed by atoms with Crippen molar-refractivity contribution in [1.29, 1.82) is 0 Å². The van der Waals surface area contributed by atoms with E-state index in [1.165, 1.54) is 5.56 Å². The van der Waals surface area contributed by atoms with Crippen molar-refractivity contribution in [3.05, 3.63) is 60.4 Å². The SMILES string of the molecule is CCCCC(CC)C(=O)N1C=CC(c2ccccc2)C=C1. The van der Waals surface area contributed by atoms with Crippen LogP contribution in [-0.2, 0) is 4.79 Å². The van der Waals surface area contributed by atoms with Gasteiger partial charge in [-0.25, -0.2) is 0 Å². The molecule has 1 aliphatic rings. The average Bonchev–Trinajstić information content (AvgIpc) is 2.56. The summed E-state index contributed by atoms with van der Waals surface area (Å²) in [6.07, 6.45) is 12.2. The molecular weight excluding hydrogens is 258 g/mol. The van der Waals surface area contributed by atoms with Crippen LogP contribution in [0.15, 0.2) is 54.9 Å². The Hall–Kier alpha value is -1.83. The molecular formula is C19H25NO. The molecule has 0 saturated carbocycles. The van der Waals surface area contributed by atoms with E-state index < -0.39 is 0 Å². The molecule has 112 valence electrons. The Morgan fingerprint density at radius 1 is 1.14 bits per heavy atom. The molecule has 2 nitrogen and oxygen atoms in total. The zero-order valence-electron chi connectivity index (χ0n) is 13.0. The normalized spacial score (nSPS) is 16.2. The van der Waals surface area contributed by atoms with E-state index in [1.807, 2.05) is 30.6 Å². The predicted octanol–water partition coefficient (Wildman–Crippen LogP) is 4.86. The molecule has 21 heavy (non-hydrogen) atoms. The molecule has 0 radical (unpaired) electrons. The summed E-state index contributed by atoms with van der Waals surface area (Å²) in [7, 11) is 0. The van der Waals surface area contributed by atoms with Crippen molar-refractivity contribution >= 4 is 5.91 Å². The quantitative estimate of drug-likeness (QED) is 0.730. The number of carbonyl (C=O) groups excluding carboxylic acids is 1. The van der Waals surface area contributed by atoms with Gasteiger partial charge in [-0.1, -0.05) is 69.2 Å². The minimum Gasteiger partial charge on any atom is -0.295 e. The van der Waals surface area contributed by atoms with Crippen LogP contribution in [0.2, 0.25) is 0 Å². The maximum Gasteiger partial charge on any atom is 0.233 e. The van der Waals surface area contributed by atoms with Crippen molar-refractivity contribution in [2.24, 2.45) is 5.92 Å². The lowest BCUT2D eigenvalue weighted by atomic mass is 9.95. The first-order chi connectivity index (χ1) is 10.3. The second kappa shape index (κ2) is 7.82. The third-order valence-electron chi connectivity index (χ3n) is 4.10. The molecule has 0 aliphatic carbocycles. The van der Waals surface area contributed by atoms with Crippen LogP contribution in [-0.4, -0.2) is 10.8 Å². The van der Waals surface area contributed by atoms with Crippen LogP contribution in [0.3, 0.4) is 0 Å². The van der Waals surface area contributed by atoms with Gasteiger partial charge in [0.25, 0.3) is 0 Å². The third kappa shape index (κ3) is 4.07. The monoisotopic (exact) mass is 283 g/mol. The van der Waals surface area contributed by atoms with Crippen LogP contribution in [0.5, 0.6) is 0 Å². The molecule has 0 N–H and O–H groups in total. The van der Waals surface area contributed by atoms with Gasteiger partial charge in [0.05, 0.1) is 0 Å². The van der Waals surface area contributed by atoms with Crippen molar-refractivity contribution in [2.75, 3.05) is 0 Å². The van der Waals surface area contributed by atoms with Crippen molar-refractivity contribution in [3.8, 4) is 0 Å². The smallest absolute Gasteiger partial charge is 0.233 e. The highest BCUT2D eigenvalue weighted by atomic mass is 16.2. The van der Waals surface area contributed by atoms with Gasteiger partial charge in [-0.2, -0.15) is 0 Å². The fourth-order valence-corrected chi connectivity index (χ4v) is 2.69. The zero-order valence-corrected chi connectivity index (χ0v) is 13.0. The second-order valence-electron chi connectivity index (χ2n) is 5.61. The Labute approximate surface area is 128 Å². The average molecular weight is 283 g/mol. The van der Waals surface area contributed by atoms with Crippen molar-refractivity contribution in [3.63, 3.8) is 0 Å². The summed E-state index contributed by atoms with van der Waals surface area (Å²) in [5.74, 6) is 0.642. The largest absolute Gasteiger partial charge is 0.295 e. The summed E-state index contributed by atoms with van der Waals surface area (Å²) < 4.78 is 0. The molecule has 0 aromatic heterocycles. The Bertz CT molecular complexity index is 490. The molecule has 1 aromatic rings. The molecule has 1 aromatic carbocycles. The van der Waals surface area contributed by atoms with Crippen LogP contribution in [0.25, 0.3) is 0 Å². The number of carbonyl (C=O) groups is 1. The number of hydrogen-bond donors (Lipinski definition) is 0. The van der Waals surface area contributed by atoms with Gasteiger partial charge in [0.15, 0.2) is 0 Å². The Balaban J connectivity index is 1.99. The number of nitrogens with zero attached hydrogens (tertiary/aromatic N) is 1. The summed E-state index contributed by atoms with van der Waals surface area (Å²) in [4.78, 5) is 14.3. The molecule has 2 rings (SSSR count). The molecule has 2 heteroatoms. The molecule has 1 amide bonds. The molecule has 0 fully saturated rings. The number of rotatable bonds is 6. The van der Waals surface area contributed by atoms with E-state index in [1.54, 1.807) is 4.90 Å². The van der Waals surface area contributed by atoms with Crippen molar-refractivity contribution in [2.45, 2.75) is 45.4 Å². The first kappa shape index (κ1) is 15.6. The second-order valence-corrected chi connectivity index (χ2v) is 5.61. The number of allylic oxidation sites excluding steroid dienone is 2. The molecule has 0 bridgehead atoms. The molecule has 0 saturated heterocycles. The van der Waals surface area contributed by atoms with E-state index in [9.17, 15) is 4.79 Å². The van der Waals surface area contributed by atoms with Gasteiger partial charge in [-0.15, -0.1) is 0 Å². The van der Waals surface area contributed by atoms with Gasteiger partial charge in [-0.05, 0) is 18.4 Å². The molecule has 0 spiro atoms. The maximum absolute atomic E-state index is 12.5. The van der Waals surface area contributed by atoms with E-state index >= 15 is 0 Å². The van der Waals surface area contributed by atoms with Crippen LogP contribution in [0, 0.1) is 5.92 Å². The van der Waals surface area contributed by atoms with Crippen LogP contribution in [0.1, 0.15) is 51.0 Å². The van der Waals surface area contributed by atoms with Crippen LogP contribution < -0.4 is 0 Å². The van der Waals surface area contributed by atoms with Gasteiger partial charge < -0.3 is 0 Å². The van der Waals surface area contributed by atoms with Crippen LogP contribution in [0.4, 0.5) is 0 Å². The number of amides is 1. The van der Waals surface area contributed by atoms with E-state index in [0.29, 0.717) is 0 Å². The summed E-state index contributed by atoms with van der Waals surface area (Å²) in [6, 6.07) is 10.4. The van der Waals surface area contributed by atoms with Crippen LogP contribution >= 0.6 is 0 Å². The fourth-order valence-electron chi connectivity index (χ4n) is 2.69. The summed E-state index contributed by atoms with van der Waals surface area (Å²) in [5, 5.41) is 0. The molecule has 1 unspecified atom stereocenters. The highest BCUT2D eigenvalue weighted by molar-refractivity contribution is 5.81. The summed E-state index contributed by atoms with van der Waals surface area (Å²) in [6.45, 7) is 4.27. The molecule has 1 heterocycles. The lowest BCUT2D eigenvalue weighted by Gasteiger charge is -2.24.